The molecular weight excluding hydrogens is 496 g/mol. The van der Waals surface area contributed by atoms with E-state index < -0.39 is 26.0 Å². The van der Waals surface area contributed by atoms with Gasteiger partial charge in [-0.25, -0.2) is 0 Å². The lowest BCUT2D eigenvalue weighted by atomic mass is 10.0. The van der Waals surface area contributed by atoms with E-state index in [4.69, 9.17) is 22.8 Å². The third-order valence-corrected chi connectivity index (χ3v) is 11.8. The number of anilines is 1. The molecule has 3 rings (SSSR count). The Morgan fingerprint density at radius 1 is 0.943 bits per heavy atom. The summed E-state index contributed by atoms with van der Waals surface area (Å²) in [5.74, 6) is -0.396. The van der Waals surface area contributed by atoms with Gasteiger partial charge in [0.15, 0.2) is 0 Å². The summed E-state index contributed by atoms with van der Waals surface area (Å²) >= 11 is 0. The van der Waals surface area contributed by atoms with Gasteiger partial charge in [-0.3, -0.25) is 19.4 Å². The van der Waals surface area contributed by atoms with Crippen LogP contribution >= 0.6 is 15.2 Å². The number of nitrogens with zero attached hydrogens (tertiary/aromatic N) is 2. The Labute approximate surface area is 206 Å². The fraction of sp³-hybridized carbons (Fsp3) is 0.636. The van der Waals surface area contributed by atoms with Crippen molar-refractivity contribution in [2.75, 3.05) is 57.6 Å². The molecule has 35 heavy (non-hydrogen) atoms. The second-order valence-corrected chi connectivity index (χ2v) is 12.7. The number of carbonyl (C=O) groups is 1. The largest absolute Gasteiger partial charge is 0.378 e. The van der Waals surface area contributed by atoms with Crippen LogP contribution in [0.5, 0.6) is 0 Å². The normalized spacial score (nSPS) is 18.3. The van der Waals surface area contributed by atoms with E-state index in [0.29, 0.717) is 18.8 Å². The van der Waals surface area contributed by atoms with Gasteiger partial charge >= 0.3 is 15.2 Å². The first kappa shape index (κ1) is 28.0. The number of carbonyl (C=O) groups excluding carboxylic acids is 1. The number of nitrogens with one attached hydrogen (secondary N) is 1. The molecule has 0 spiro atoms. The Hall–Kier alpha value is -1.58. The second-order valence-electron chi connectivity index (χ2n) is 7.81. The number of hydrazone groups is 1. The van der Waals surface area contributed by atoms with Crippen LogP contribution in [0.1, 0.15) is 44.5 Å². The minimum absolute atomic E-state index is 0.0191. The zero-order valence-corrected chi connectivity index (χ0v) is 22.5. The molecule has 0 bridgehead atoms. The first-order chi connectivity index (χ1) is 16.8. The maximum absolute atomic E-state index is 14.0. The van der Waals surface area contributed by atoms with Gasteiger partial charge in [-0.15, -0.1) is 0 Å². The lowest BCUT2D eigenvalue weighted by Crippen LogP contribution is -2.42. The molecule has 0 aliphatic carbocycles. The van der Waals surface area contributed by atoms with Gasteiger partial charge in [0.1, 0.15) is 5.71 Å². The molecule has 2 aliphatic rings. The van der Waals surface area contributed by atoms with E-state index >= 15 is 0 Å². The number of Topliss-reactive ketones (excluding diaryl/α,β-unsaturated/α-hetero) is 1. The van der Waals surface area contributed by atoms with Crippen LogP contribution in [-0.2, 0) is 32.0 Å². The summed E-state index contributed by atoms with van der Waals surface area (Å²) in [6, 6.07) is 7.16. The van der Waals surface area contributed by atoms with Gasteiger partial charge in [0.25, 0.3) is 5.02 Å². The zero-order chi connectivity index (χ0) is 25.5. The fourth-order valence-corrected chi connectivity index (χ4v) is 9.35. The van der Waals surface area contributed by atoms with Gasteiger partial charge in [-0.2, -0.15) is 5.10 Å². The van der Waals surface area contributed by atoms with E-state index in [1.54, 1.807) is 39.8 Å². The number of benzene rings is 1. The molecule has 1 saturated heterocycles. The standard InChI is InChI=1S/C22H35N3O8P2/c1-5-30-34(27,31-6-2)22(35(28,32-7-3)33-8-4)17-20(23-24-22)21(26)18-9-11-19(12-10-18)25-13-15-29-16-14-25/h9-12,24H,5-8,13-17H2,1-4H3. The molecule has 0 amide bonds. The van der Waals surface area contributed by atoms with Crippen LogP contribution < -0.4 is 10.3 Å². The van der Waals surface area contributed by atoms with Crippen molar-refractivity contribution < 1.29 is 36.8 Å². The van der Waals surface area contributed by atoms with Gasteiger partial charge in [-0.1, -0.05) is 0 Å². The minimum Gasteiger partial charge on any atom is -0.378 e. The van der Waals surface area contributed by atoms with Crippen LogP contribution in [0, 0.1) is 0 Å². The quantitative estimate of drug-likeness (QED) is 0.292. The SMILES string of the molecule is CCOP(=O)(OCC)C1(P(=O)(OCC)OCC)CC(C(=O)c2ccc(N3CCOCC3)cc2)=NN1. The van der Waals surface area contributed by atoms with Crippen LogP contribution in [0.15, 0.2) is 29.4 Å². The first-order valence-electron chi connectivity index (χ1n) is 11.9. The van der Waals surface area contributed by atoms with Gasteiger partial charge in [-0.05, 0) is 52.0 Å². The number of morpholine rings is 1. The average Bonchev–Trinajstić information content (AvgIpc) is 3.33. The predicted octanol–water partition coefficient (Wildman–Crippen LogP) is 4.24. The number of rotatable bonds is 13. The molecule has 2 heterocycles. The van der Waals surface area contributed by atoms with Crippen molar-refractivity contribution in [1.29, 1.82) is 0 Å². The van der Waals surface area contributed by atoms with Crippen molar-refractivity contribution in [3.05, 3.63) is 29.8 Å². The average molecular weight is 531 g/mol. The predicted molar refractivity (Wildman–Crippen MR) is 133 cm³/mol. The highest BCUT2D eigenvalue weighted by molar-refractivity contribution is 7.74. The third kappa shape index (κ3) is 5.57. The Kier molecular flexibility index (Phi) is 9.68. The van der Waals surface area contributed by atoms with Crippen molar-refractivity contribution in [2.45, 2.75) is 39.1 Å². The molecule has 1 N–H and O–H groups in total. The van der Waals surface area contributed by atoms with Gasteiger partial charge < -0.3 is 27.7 Å². The van der Waals surface area contributed by atoms with Gasteiger partial charge in [0.2, 0.25) is 5.78 Å². The lowest BCUT2D eigenvalue weighted by Gasteiger charge is -2.38. The molecule has 0 saturated carbocycles. The van der Waals surface area contributed by atoms with E-state index in [0.717, 1.165) is 18.8 Å². The fourth-order valence-electron chi connectivity index (χ4n) is 4.06. The van der Waals surface area contributed by atoms with E-state index in [1.807, 2.05) is 12.1 Å². The molecule has 1 aromatic rings. The molecule has 1 fully saturated rings. The summed E-state index contributed by atoms with van der Waals surface area (Å²) in [5, 5.41) is 2.18. The summed E-state index contributed by atoms with van der Waals surface area (Å²) < 4.78 is 55.6. The lowest BCUT2D eigenvalue weighted by molar-refractivity contribution is 0.106. The Morgan fingerprint density at radius 2 is 1.43 bits per heavy atom. The molecule has 0 atom stereocenters. The second kappa shape index (κ2) is 12.1. The molecule has 13 heteroatoms. The van der Waals surface area contributed by atoms with Gasteiger partial charge in [0, 0.05) is 30.8 Å². The molecule has 0 radical (unpaired) electrons. The highest BCUT2D eigenvalue weighted by Crippen LogP contribution is 2.78. The number of ether oxygens (including phenoxy) is 1. The Morgan fingerprint density at radius 3 is 1.89 bits per heavy atom. The highest BCUT2D eigenvalue weighted by atomic mass is 31.2. The molecule has 0 unspecified atom stereocenters. The number of hydrogen-bond donors (Lipinski definition) is 1. The summed E-state index contributed by atoms with van der Waals surface area (Å²) in [6.45, 7) is 9.52. The van der Waals surface area contributed by atoms with Crippen LogP contribution in [0.4, 0.5) is 5.69 Å². The third-order valence-electron chi connectivity index (χ3n) is 5.65. The Bertz CT molecular complexity index is 945. The maximum atomic E-state index is 14.0. The minimum atomic E-state index is -4.18. The van der Waals surface area contributed by atoms with Crippen molar-refractivity contribution >= 4 is 32.4 Å². The van der Waals surface area contributed by atoms with Crippen molar-refractivity contribution in [3.63, 3.8) is 0 Å². The molecule has 2 aliphatic heterocycles. The van der Waals surface area contributed by atoms with Gasteiger partial charge in [0.05, 0.1) is 39.6 Å². The van der Waals surface area contributed by atoms with Crippen molar-refractivity contribution in [3.8, 4) is 0 Å². The van der Waals surface area contributed by atoms with E-state index in [-0.39, 0.29) is 38.6 Å². The van der Waals surface area contributed by atoms with Crippen LogP contribution in [0.2, 0.25) is 0 Å². The molecule has 11 nitrogen and oxygen atoms in total. The van der Waals surface area contributed by atoms with E-state index in [1.165, 1.54) is 0 Å². The summed E-state index contributed by atoms with van der Waals surface area (Å²) in [7, 11) is -8.37. The van der Waals surface area contributed by atoms with E-state index in [2.05, 4.69) is 15.4 Å². The van der Waals surface area contributed by atoms with Crippen molar-refractivity contribution in [1.82, 2.24) is 5.43 Å². The highest BCUT2D eigenvalue weighted by Gasteiger charge is 2.68. The van der Waals surface area contributed by atoms with Crippen molar-refractivity contribution in [2.24, 2.45) is 5.10 Å². The zero-order valence-electron chi connectivity index (χ0n) is 20.7. The summed E-state index contributed by atoms with van der Waals surface area (Å²) in [6.07, 6.45) is -0.314. The molecule has 1 aromatic carbocycles. The molecule has 196 valence electrons. The molecular formula is C22H35N3O8P2. The number of hydrogen-bond acceptors (Lipinski definition) is 11. The monoisotopic (exact) mass is 531 g/mol. The summed E-state index contributed by atoms with van der Waals surface area (Å²) in [5.41, 5.74) is 4.08. The molecule has 0 aromatic heterocycles. The smallest absolute Gasteiger partial charge is 0.370 e. The topological polar surface area (TPSA) is 125 Å². The first-order valence-corrected chi connectivity index (χ1v) is 15.0. The van der Waals surface area contributed by atoms with Crippen LogP contribution in [0.3, 0.4) is 0 Å². The number of ketones is 1. The Balaban J connectivity index is 1.92. The summed E-state index contributed by atoms with van der Waals surface area (Å²) in [4.78, 5) is 15.5. The van der Waals surface area contributed by atoms with E-state index in [9.17, 15) is 13.9 Å². The van der Waals surface area contributed by atoms with Crippen LogP contribution in [-0.4, -0.2) is 69.2 Å². The maximum Gasteiger partial charge on any atom is 0.370 e. The van der Waals surface area contributed by atoms with Crippen LogP contribution in [0.25, 0.3) is 0 Å².